The SMILES string of the molecule is CN1CCC[C@@H](COc2nc(-c3ccc(C#N)cc3)c(-c3ccc4c(c3)OCC(=O)N4C)n3ccnc23)C1. The minimum Gasteiger partial charge on any atom is -0.482 e. The van der Waals surface area contributed by atoms with Crippen LogP contribution in [0.2, 0.25) is 0 Å². The first-order valence-electron chi connectivity index (χ1n) is 12.7. The van der Waals surface area contributed by atoms with E-state index in [9.17, 15) is 10.1 Å². The minimum absolute atomic E-state index is 0.00268. The molecule has 2 aliphatic heterocycles. The summed E-state index contributed by atoms with van der Waals surface area (Å²) in [6.07, 6.45) is 5.93. The van der Waals surface area contributed by atoms with E-state index in [1.54, 1.807) is 30.3 Å². The van der Waals surface area contributed by atoms with Crippen molar-refractivity contribution < 1.29 is 14.3 Å². The number of aromatic nitrogens is 3. The van der Waals surface area contributed by atoms with E-state index >= 15 is 0 Å². The van der Waals surface area contributed by atoms with E-state index in [4.69, 9.17) is 14.5 Å². The number of nitriles is 1. The molecule has 1 fully saturated rings. The van der Waals surface area contributed by atoms with Crippen LogP contribution in [-0.4, -0.2) is 65.6 Å². The Bertz CT molecular complexity index is 1560. The van der Waals surface area contributed by atoms with Crippen molar-refractivity contribution in [3.8, 4) is 40.2 Å². The molecule has 0 N–H and O–H groups in total. The van der Waals surface area contributed by atoms with Crippen LogP contribution in [0, 0.1) is 17.2 Å². The minimum atomic E-state index is -0.0900. The topological polar surface area (TPSA) is 96.0 Å². The van der Waals surface area contributed by atoms with Crippen molar-refractivity contribution in [2.75, 3.05) is 45.3 Å². The van der Waals surface area contributed by atoms with Crippen LogP contribution in [0.25, 0.3) is 28.2 Å². The Kier molecular flexibility index (Phi) is 6.18. The van der Waals surface area contributed by atoms with Crippen LogP contribution >= 0.6 is 0 Å². The van der Waals surface area contributed by atoms with E-state index in [2.05, 4.69) is 23.0 Å². The van der Waals surface area contributed by atoms with Crippen LogP contribution in [-0.2, 0) is 4.79 Å². The molecular formula is C29H28N6O3. The Morgan fingerprint density at radius 2 is 1.97 bits per heavy atom. The van der Waals surface area contributed by atoms with Gasteiger partial charge in [0.25, 0.3) is 11.8 Å². The van der Waals surface area contributed by atoms with Crippen molar-refractivity contribution in [2.24, 2.45) is 5.92 Å². The summed E-state index contributed by atoms with van der Waals surface area (Å²) in [5.41, 5.74) is 5.16. The lowest BCUT2D eigenvalue weighted by Crippen LogP contribution is -2.35. The zero-order valence-electron chi connectivity index (χ0n) is 21.4. The number of carbonyl (C=O) groups is 1. The molecule has 2 aliphatic rings. The van der Waals surface area contributed by atoms with Gasteiger partial charge in [-0.25, -0.2) is 9.97 Å². The molecule has 2 aromatic carbocycles. The lowest BCUT2D eigenvalue weighted by atomic mass is 10.00. The molecule has 1 amide bonds. The normalized spacial score (nSPS) is 17.7. The van der Waals surface area contributed by atoms with Gasteiger partial charge in [-0.15, -0.1) is 0 Å². The second kappa shape index (κ2) is 9.80. The predicted molar refractivity (Wildman–Crippen MR) is 143 cm³/mol. The van der Waals surface area contributed by atoms with Crippen molar-refractivity contribution in [3.63, 3.8) is 0 Å². The molecule has 38 heavy (non-hydrogen) atoms. The first-order chi connectivity index (χ1) is 18.5. The maximum atomic E-state index is 12.1. The van der Waals surface area contributed by atoms with E-state index in [0.29, 0.717) is 41.1 Å². The number of hydrogen-bond donors (Lipinski definition) is 0. The van der Waals surface area contributed by atoms with Crippen molar-refractivity contribution in [1.82, 2.24) is 19.3 Å². The van der Waals surface area contributed by atoms with E-state index in [-0.39, 0.29) is 12.5 Å². The van der Waals surface area contributed by atoms with Gasteiger partial charge < -0.3 is 19.3 Å². The molecule has 0 saturated carbocycles. The standard InChI is InChI=1S/C29H28N6O3/c1-33-12-3-4-20(16-33)17-38-29-28-31-11-13-35(28)27(26(32-29)21-7-5-19(15-30)6-8-21)22-9-10-23-24(14-22)37-18-25(36)34(23)2/h5-11,13-14,20H,3-4,12,16-18H2,1-2H3/t20-/m1/s1. The van der Waals surface area contributed by atoms with Gasteiger partial charge in [-0.2, -0.15) is 5.26 Å². The summed E-state index contributed by atoms with van der Waals surface area (Å²) in [4.78, 5) is 25.7. The number of imidazole rings is 1. The number of carbonyl (C=O) groups excluding carboxylic acids is 1. The number of ether oxygens (including phenoxy) is 2. The molecule has 0 radical (unpaired) electrons. The molecule has 0 unspecified atom stereocenters. The molecule has 0 aliphatic carbocycles. The summed E-state index contributed by atoms with van der Waals surface area (Å²) in [5, 5.41) is 9.31. The zero-order valence-corrected chi connectivity index (χ0v) is 21.4. The molecule has 1 saturated heterocycles. The van der Waals surface area contributed by atoms with E-state index < -0.39 is 0 Å². The summed E-state index contributed by atoms with van der Waals surface area (Å²) in [6.45, 7) is 2.68. The van der Waals surface area contributed by atoms with Crippen LogP contribution in [0.5, 0.6) is 11.6 Å². The highest BCUT2D eigenvalue weighted by molar-refractivity contribution is 5.98. The molecule has 9 heteroatoms. The average molecular weight is 509 g/mol. The second-order valence-corrected chi connectivity index (χ2v) is 9.93. The Morgan fingerprint density at radius 3 is 2.76 bits per heavy atom. The number of amides is 1. The van der Waals surface area contributed by atoms with Gasteiger partial charge in [-0.05, 0) is 50.7 Å². The van der Waals surface area contributed by atoms with Gasteiger partial charge in [-0.3, -0.25) is 9.20 Å². The van der Waals surface area contributed by atoms with Crippen LogP contribution in [0.15, 0.2) is 54.9 Å². The fourth-order valence-electron chi connectivity index (χ4n) is 5.27. The maximum absolute atomic E-state index is 12.1. The van der Waals surface area contributed by atoms with Gasteiger partial charge in [0.15, 0.2) is 6.61 Å². The number of fused-ring (bicyclic) bond motifs is 2. The lowest BCUT2D eigenvalue weighted by molar-refractivity contribution is -0.120. The largest absolute Gasteiger partial charge is 0.482 e. The summed E-state index contributed by atoms with van der Waals surface area (Å²) in [7, 11) is 3.89. The smallest absolute Gasteiger partial charge is 0.264 e. The third-order valence-corrected chi connectivity index (χ3v) is 7.30. The molecular weight excluding hydrogens is 480 g/mol. The highest BCUT2D eigenvalue weighted by atomic mass is 16.5. The first-order valence-corrected chi connectivity index (χ1v) is 12.7. The van der Waals surface area contributed by atoms with Crippen LogP contribution < -0.4 is 14.4 Å². The number of anilines is 1. The lowest BCUT2D eigenvalue weighted by Gasteiger charge is -2.29. The Morgan fingerprint density at radius 1 is 1.16 bits per heavy atom. The van der Waals surface area contributed by atoms with Gasteiger partial charge >= 0.3 is 0 Å². The average Bonchev–Trinajstić information content (AvgIpc) is 3.43. The monoisotopic (exact) mass is 508 g/mol. The summed E-state index contributed by atoms with van der Waals surface area (Å²) in [6, 6.07) is 15.3. The Hall–Kier alpha value is -4.42. The maximum Gasteiger partial charge on any atom is 0.264 e. The van der Waals surface area contributed by atoms with Crippen molar-refractivity contribution in [1.29, 1.82) is 5.26 Å². The molecule has 4 heterocycles. The van der Waals surface area contributed by atoms with Gasteiger partial charge in [0.1, 0.15) is 5.75 Å². The van der Waals surface area contributed by atoms with Gasteiger partial charge in [0.05, 0.1) is 35.3 Å². The molecule has 4 aromatic rings. The van der Waals surface area contributed by atoms with Gasteiger partial charge in [0, 0.05) is 43.0 Å². The Balaban J connectivity index is 1.47. The second-order valence-electron chi connectivity index (χ2n) is 9.93. The Labute approximate surface area is 220 Å². The van der Waals surface area contributed by atoms with Crippen molar-refractivity contribution >= 4 is 17.2 Å². The van der Waals surface area contributed by atoms with E-state index in [1.807, 2.05) is 40.9 Å². The van der Waals surface area contributed by atoms with Gasteiger partial charge in [0.2, 0.25) is 5.65 Å². The molecule has 9 nitrogen and oxygen atoms in total. The molecule has 0 spiro atoms. The van der Waals surface area contributed by atoms with Crippen molar-refractivity contribution in [3.05, 3.63) is 60.4 Å². The van der Waals surface area contributed by atoms with Crippen LogP contribution in [0.4, 0.5) is 5.69 Å². The van der Waals surface area contributed by atoms with E-state index in [0.717, 1.165) is 48.4 Å². The number of likely N-dealkylation sites (tertiary alicyclic amines) is 1. The third-order valence-electron chi connectivity index (χ3n) is 7.30. The number of likely N-dealkylation sites (N-methyl/N-ethyl adjacent to an activating group) is 1. The number of hydrogen-bond acceptors (Lipinski definition) is 7. The zero-order chi connectivity index (χ0) is 26.2. The molecule has 0 bridgehead atoms. The predicted octanol–water partition coefficient (Wildman–Crippen LogP) is 4.01. The summed E-state index contributed by atoms with van der Waals surface area (Å²) >= 11 is 0. The fourth-order valence-corrected chi connectivity index (χ4v) is 5.27. The number of benzene rings is 2. The molecule has 1 atom stereocenters. The summed E-state index contributed by atoms with van der Waals surface area (Å²) in [5.74, 6) is 1.45. The van der Waals surface area contributed by atoms with Crippen molar-refractivity contribution in [2.45, 2.75) is 12.8 Å². The summed E-state index contributed by atoms with van der Waals surface area (Å²) < 4.78 is 14.1. The number of piperidine rings is 1. The highest BCUT2D eigenvalue weighted by Crippen LogP contribution is 2.40. The number of nitrogens with zero attached hydrogens (tertiary/aromatic N) is 6. The third kappa shape index (κ3) is 4.33. The van der Waals surface area contributed by atoms with Crippen LogP contribution in [0.1, 0.15) is 18.4 Å². The first kappa shape index (κ1) is 23.9. The molecule has 2 aromatic heterocycles. The van der Waals surface area contributed by atoms with Gasteiger partial charge in [-0.1, -0.05) is 18.2 Å². The molecule has 6 rings (SSSR count). The fraction of sp³-hybridized carbons (Fsp3) is 0.310. The molecule has 192 valence electrons. The quantitative estimate of drug-likeness (QED) is 0.402. The van der Waals surface area contributed by atoms with E-state index in [1.165, 1.54) is 0 Å². The highest BCUT2D eigenvalue weighted by Gasteiger charge is 2.26. The van der Waals surface area contributed by atoms with Crippen LogP contribution in [0.3, 0.4) is 0 Å². The number of rotatable bonds is 5.